The van der Waals surface area contributed by atoms with Gasteiger partial charge in [-0.3, -0.25) is 14.2 Å². The summed E-state index contributed by atoms with van der Waals surface area (Å²) in [7, 11) is 0. The molecule has 3 aromatic rings. The highest BCUT2D eigenvalue weighted by atomic mass is 16.2. The fourth-order valence-corrected chi connectivity index (χ4v) is 3.48. The molecule has 1 amide bonds. The van der Waals surface area contributed by atoms with Gasteiger partial charge >= 0.3 is 0 Å². The van der Waals surface area contributed by atoms with Gasteiger partial charge in [-0.2, -0.15) is 5.10 Å². The first-order valence-corrected chi connectivity index (χ1v) is 8.90. The van der Waals surface area contributed by atoms with Gasteiger partial charge in [0.05, 0.1) is 11.9 Å². The number of para-hydroxylation sites is 1. The molecular formula is C19H21N5O2. The van der Waals surface area contributed by atoms with E-state index in [0.717, 1.165) is 31.6 Å². The van der Waals surface area contributed by atoms with E-state index < -0.39 is 0 Å². The first kappa shape index (κ1) is 16.5. The van der Waals surface area contributed by atoms with E-state index in [0.29, 0.717) is 17.0 Å². The summed E-state index contributed by atoms with van der Waals surface area (Å²) in [6.45, 7) is 3.69. The third kappa shape index (κ3) is 3.00. The fourth-order valence-electron chi connectivity index (χ4n) is 3.48. The van der Waals surface area contributed by atoms with Crippen molar-refractivity contribution in [1.82, 2.24) is 24.2 Å². The monoisotopic (exact) mass is 351 g/mol. The average molecular weight is 351 g/mol. The highest BCUT2D eigenvalue weighted by molar-refractivity contribution is 5.78. The largest absolute Gasteiger partial charge is 0.341 e. The van der Waals surface area contributed by atoms with Crippen LogP contribution in [0.25, 0.3) is 16.7 Å². The van der Waals surface area contributed by atoms with Gasteiger partial charge in [0, 0.05) is 13.1 Å². The lowest BCUT2D eigenvalue weighted by Gasteiger charge is -2.31. The van der Waals surface area contributed by atoms with E-state index in [1.165, 1.54) is 17.1 Å². The fraction of sp³-hybridized carbons (Fsp3) is 0.368. The molecule has 134 valence electrons. The Bertz CT molecular complexity index is 992. The predicted octanol–water partition coefficient (Wildman–Crippen LogP) is 1.84. The molecule has 0 radical (unpaired) electrons. The summed E-state index contributed by atoms with van der Waals surface area (Å²) in [6.07, 6.45) is 5.12. The minimum absolute atomic E-state index is 0.0189. The number of rotatable bonds is 3. The molecule has 4 rings (SSSR count). The van der Waals surface area contributed by atoms with Crippen molar-refractivity contribution in [3.05, 3.63) is 53.2 Å². The molecule has 0 bridgehead atoms. The van der Waals surface area contributed by atoms with Crippen molar-refractivity contribution < 1.29 is 4.79 Å². The first-order chi connectivity index (χ1) is 12.6. The number of amides is 1. The van der Waals surface area contributed by atoms with E-state index in [-0.39, 0.29) is 18.0 Å². The summed E-state index contributed by atoms with van der Waals surface area (Å²) in [5, 5.41) is 4.71. The molecule has 2 aromatic heterocycles. The maximum atomic E-state index is 12.8. The van der Waals surface area contributed by atoms with Crippen LogP contribution in [-0.4, -0.2) is 43.2 Å². The number of nitrogens with zero attached hydrogens (tertiary/aromatic N) is 5. The SMILES string of the molecule is CC1CCCN(C(=O)Cn2cnc3c(cnn3-c3ccccc3)c2=O)C1. The molecule has 7 heteroatoms. The zero-order valence-electron chi connectivity index (χ0n) is 14.7. The topological polar surface area (TPSA) is 73.0 Å². The maximum Gasteiger partial charge on any atom is 0.264 e. The Kier molecular flexibility index (Phi) is 4.28. The summed E-state index contributed by atoms with van der Waals surface area (Å²) in [5.41, 5.74) is 1.10. The second-order valence-corrected chi connectivity index (χ2v) is 6.89. The van der Waals surface area contributed by atoms with Crippen LogP contribution in [0.15, 0.2) is 47.7 Å². The third-order valence-corrected chi connectivity index (χ3v) is 4.87. The van der Waals surface area contributed by atoms with Crippen LogP contribution in [0.4, 0.5) is 0 Å². The molecule has 0 N–H and O–H groups in total. The van der Waals surface area contributed by atoms with E-state index in [1.807, 2.05) is 35.2 Å². The molecule has 26 heavy (non-hydrogen) atoms. The Balaban J connectivity index is 1.62. The van der Waals surface area contributed by atoms with Gasteiger partial charge in [-0.25, -0.2) is 9.67 Å². The zero-order chi connectivity index (χ0) is 18.1. The molecule has 7 nitrogen and oxygen atoms in total. The van der Waals surface area contributed by atoms with Crippen LogP contribution in [0.5, 0.6) is 0 Å². The van der Waals surface area contributed by atoms with Gasteiger partial charge in [0.2, 0.25) is 5.91 Å². The van der Waals surface area contributed by atoms with Gasteiger partial charge in [0.1, 0.15) is 18.3 Å². The van der Waals surface area contributed by atoms with E-state index in [2.05, 4.69) is 17.0 Å². The van der Waals surface area contributed by atoms with Crippen LogP contribution in [0, 0.1) is 5.92 Å². The first-order valence-electron chi connectivity index (χ1n) is 8.90. The summed E-state index contributed by atoms with van der Waals surface area (Å²) in [5.74, 6) is 0.476. The number of carbonyl (C=O) groups excluding carboxylic acids is 1. The third-order valence-electron chi connectivity index (χ3n) is 4.87. The number of aromatic nitrogens is 4. The lowest BCUT2D eigenvalue weighted by molar-refractivity contribution is -0.133. The zero-order valence-corrected chi connectivity index (χ0v) is 14.7. The van der Waals surface area contributed by atoms with E-state index >= 15 is 0 Å². The summed E-state index contributed by atoms with van der Waals surface area (Å²) in [4.78, 5) is 31.5. The molecule has 0 saturated carbocycles. The van der Waals surface area contributed by atoms with Crippen LogP contribution in [-0.2, 0) is 11.3 Å². The number of likely N-dealkylation sites (tertiary alicyclic amines) is 1. The normalized spacial score (nSPS) is 17.6. The second-order valence-electron chi connectivity index (χ2n) is 6.89. The Morgan fingerprint density at radius 3 is 2.85 bits per heavy atom. The standard InChI is InChI=1S/C19H21N5O2/c1-14-6-5-9-22(11-14)17(25)12-23-13-20-18-16(19(23)26)10-21-24(18)15-7-3-2-4-8-15/h2-4,7-8,10,13-14H,5-6,9,11-12H2,1H3. The summed E-state index contributed by atoms with van der Waals surface area (Å²) >= 11 is 0. The minimum Gasteiger partial charge on any atom is -0.341 e. The van der Waals surface area contributed by atoms with Gasteiger partial charge < -0.3 is 4.90 Å². The molecule has 0 spiro atoms. The van der Waals surface area contributed by atoms with Crippen LogP contribution >= 0.6 is 0 Å². The summed E-state index contributed by atoms with van der Waals surface area (Å²) in [6, 6.07) is 9.54. The molecule has 1 aliphatic rings. The molecule has 1 aromatic carbocycles. The van der Waals surface area contributed by atoms with Crippen LogP contribution in [0.3, 0.4) is 0 Å². The molecule has 1 atom stereocenters. The van der Waals surface area contributed by atoms with Crippen molar-refractivity contribution >= 4 is 16.9 Å². The van der Waals surface area contributed by atoms with E-state index in [4.69, 9.17) is 0 Å². The van der Waals surface area contributed by atoms with Crippen molar-refractivity contribution in [2.45, 2.75) is 26.3 Å². The second kappa shape index (κ2) is 6.74. The van der Waals surface area contributed by atoms with Gasteiger partial charge in [-0.1, -0.05) is 25.1 Å². The van der Waals surface area contributed by atoms with Gasteiger partial charge in [-0.05, 0) is 30.9 Å². The van der Waals surface area contributed by atoms with Crippen LogP contribution < -0.4 is 5.56 Å². The Morgan fingerprint density at radius 1 is 1.27 bits per heavy atom. The number of hydrogen-bond donors (Lipinski definition) is 0. The predicted molar refractivity (Wildman–Crippen MR) is 98.1 cm³/mol. The van der Waals surface area contributed by atoms with Gasteiger partial charge in [-0.15, -0.1) is 0 Å². The van der Waals surface area contributed by atoms with E-state index in [9.17, 15) is 9.59 Å². The molecule has 1 fully saturated rings. The van der Waals surface area contributed by atoms with Crippen LogP contribution in [0.1, 0.15) is 19.8 Å². The van der Waals surface area contributed by atoms with Crippen molar-refractivity contribution in [2.75, 3.05) is 13.1 Å². The number of fused-ring (bicyclic) bond motifs is 1. The smallest absolute Gasteiger partial charge is 0.264 e. The lowest BCUT2D eigenvalue weighted by atomic mass is 10.0. The number of piperidine rings is 1. The maximum absolute atomic E-state index is 12.8. The molecule has 0 aliphatic carbocycles. The van der Waals surface area contributed by atoms with Crippen molar-refractivity contribution in [1.29, 1.82) is 0 Å². The quantitative estimate of drug-likeness (QED) is 0.722. The molecule has 1 saturated heterocycles. The van der Waals surface area contributed by atoms with Crippen LogP contribution in [0.2, 0.25) is 0 Å². The van der Waals surface area contributed by atoms with Gasteiger partial charge in [0.15, 0.2) is 5.65 Å². The Labute approximate surface area is 150 Å². The van der Waals surface area contributed by atoms with Crippen molar-refractivity contribution in [3.63, 3.8) is 0 Å². The lowest BCUT2D eigenvalue weighted by Crippen LogP contribution is -2.42. The Hall–Kier alpha value is -2.96. The number of carbonyl (C=O) groups is 1. The molecular weight excluding hydrogens is 330 g/mol. The molecule has 1 aliphatic heterocycles. The minimum atomic E-state index is -0.240. The van der Waals surface area contributed by atoms with Gasteiger partial charge in [0.25, 0.3) is 5.56 Å². The number of benzene rings is 1. The van der Waals surface area contributed by atoms with Crippen molar-refractivity contribution in [3.8, 4) is 5.69 Å². The van der Waals surface area contributed by atoms with Crippen molar-refractivity contribution in [2.24, 2.45) is 5.92 Å². The highest BCUT2D eigenvalue weighted by Gasteiger charge is 2.22. The average Bonchev–Trinajstić information content (AvgIpc) is 3.09. The number of hydrogen-bond acceptors (Lipinski definition) is 4. The highest BCUT2D eigenvalue weighted by Crippen LogP contribution is 2.16. The Morgan fingerprint density at radius 2 is 2.08 bits per heavy atom. The molecule has 3 heterocycles. The molecule has 1 unspecified atom stereocenters. The summed E-state index contributed by atoms with van der Waals surface area (Å²) < 4.78 is 3.01. The van der Waals surface area contributed by atoms with E-state index in [1.54, 1.807) is 4.68 Å².